The molecule has 1 spiro atoms. The van der Waals surface area contributed by atoms with Crippen LogP contribution < -0.4 is 0 Å². The van der Waals surface area contributed by atoms with Crippen LogP contribution in [0, 0.1) is 5.82 Å². The van der Waals surface area contributed by atoms with Crippen LogP contribution in [0.15, 0.2) is 24.3 Å². The number of carbonyl (C=O) groups excluding carboxylic acids is 1. The molecule has 1 aliphatic carbocycles. The molecule has 2 nitrogen and oxygen atoms in total. The highest BCUT2D eigenvalue weighted by atomic mass is 19.1. The van der Waals surface area contributed by atoms with Gasteiger partial charge in [-0.2, -0.15) is 0 Å². The molecular formula is C17H21FO2. The van der Waals surface area contributed by atoms with Crippen molar-refractivity contribution in [1.29, 1.82) is 0 Å². The Bertz CT molecular complexity index is 476. The van der Waals surface area contributed by atoms with Crippen LogP contribution in [0.1, 0.15) is 50.5 Å². The summed E-state index contributed by atoms with van der Waals surface area (Å²) >= 11 is 0. The first-order valence-electron chi connectivity index (χ1n) is 7.52. The molecule has 3 rings (SSSR count). The summed E-state index contributed by atoms with van der Waals surface area (Å²) in [7, 11) is 0. The molecule has 0 N–H and O–H groups in total. The maximum absolute atomic E-state index is 13.2. The van der Waals surface area contributed by atoms with Gasteiger partial charge in [-0.3, -0.25) is 0 Å². The number of carbonyl (C=O) groups is 1. The minimum atomic E-state index is -0.224. The van der Waals surface area contributed by atoms with Gasteiger partial charge in [0.1, 0.15) is 12.1 Å². The third-order valence-electron chi connectivity index (χ3n) is 5.09. The molecule has 3 heteroatoms. The number of hydrogen-bond donors (Lipinski definition) is 0. The van der Waals surface area contributed by atoms with Gasteiger partial charge in [0, 0.05) is 18.4 Å². The van der Waals surface area contributed by atoms with E-state index in [1.54, 1.807) is 0 Å². The van der Waals surface area contributed by atoms with Crippen molar-refractivity contribution in [2.75, 3.05) is 6.61 Å². The van der Waals surface area contributed by atoms with Crippen LogP contribution in [-0.4, -0.2) is 18.5 Å². The van der Waals surface area contributed by atoms with Crippen LogP contribution >= 0.6 is 0 Å². The van der Waals surface area contributed by atoms with Crippen LogP contribution in [0.2, 0.25) is 0 Å². The molecule has 2 aliphatic rings. The van der Waals surface area contributed by atoms with Gasteiger partial charge in [0.2, 0.25) is 0 Å². The van der Waals surface area contributed by atoms with Gasteiger partial charge in [0.15, 0.2) is 0 Å². The summed E-state index contributed by atoms with van der Waals surface area (Å²) in [6, 6.07) is 6.68. The minimum Gasteiger partial charge on any atom is -0.375 e. The van der Waals surface area contributed by atoms with Crippen molar-refractivity contribution in [3.05, 3.63) is 35.6 Å². The second-order valence-electron chi connectivity index (χ2n) is 6.32. The molecule has 1 heterocycles. The van der Waals surface area contributed by atoms with Crippen LogP contribution in [-0.2, 0) is 14.9 Å². The molecule has 1 aromatic rings. The molecule has 1 atom stereocenters. The van der Waals surface area contributed by atoms with E-state index in [-0.39, 0.29) is 16.8 Å². The number of rotatable bonds is 3. The van der Waals surface area contributed by atoms with Crippen LogP contribution in [0.25, 0.3) is 0 Å². The van der Waals surface area contributed by atoms with E-state index in [0.717, 1.165) is 37.5 Å². The Labute approximate surface area is 119 Å². The molecule has 2 fully saturated rings. The molecule has 0 amide bonds. The lowest BCUT2D eigenvalue weighted by molar-refractivity contribution is -0.118. The Balaban J connectivity index is 1.94. The molecule has 1 aliphatic heterocycles. The molecule has 0 aromatic heterocycles. The zero-order valence-electron chi connectivity index (χ0n) is 11.7. The minimum absolute atomic E-state index is 0.0460. The second kappa shape index (κ2) is 5.28. The first-order chi connectivity index (χ1) is 9.68. The van der Waals surface area contributed by atoms with Crippen molar-refractivity contribution in [2.45, 2.75) is 56.0 Å². The monoisotopic (exact) mass is 276 g/mol. The normalized spacial score (nSPS) is 28.6. The van der Waals surface area contributed by atoms with E-state index in [9.17, 15) is 9.18 Å². The van der Waals surface area contributed by atoms with E-state index in [0.29, 0.717) is 13.0 Å². The van der Waals surface area contributed by atoms with Gasteiger partial charge in [-0.25, -0.2) is 4.39 Å². The van der Waals surface area contributed by atoms with Crippen LogP contribution in [0.3, 0.4) is 0 Å². The Morgan fingerprint density at radius 3 is 2.50 bits per heavy atom. The van der Waals surface area contributed by atoms with Gasteiger partial charge in [-0.1, -0.05) is 25.0 Å². The fourth-order valence-electron chi connectivity index (χ4n) is 4.06. The molecule has 0 radical (unpaired) electrons. The number of benzene rings is 1. The number of ether oxygens (including phenoxy) is 1. The van der Waals surface area contributed by atoms with E-state index in [4.69, 9.17) is 4.74 Å². The fourth-order valence-corrected chi connectivity index (χ4v) is 4.06. The van der Waals surface area contributed by atoms with Crippen molar-refractivity contribution in [3.63, 3.8) is 0 Å². The smallest absolute Gasteiger partial charge is 0.123 e. The average Bonchev–Trinajstić information content (AvgIpc) is 2.87. The summed E-state index contributed by atoms with van der Waals surface area (Å²) < 4.78 is 19.2. The first kappa shape index (κ1) is 13.7. The van der Waals surface area contributed by atoms with Crippen LogP contribution in [0.4, 0.5) is 4.39 Å². The van der Waals surface area contributed by atoms with Crippen molar-refractivity contribution < 1.29 is 13.9 Å². The Morgan fingerprint density at radius 2 is 1.85 bits per heavy atom. The lowest BCUT2D eigenvalue weighted by Crippen LogP contribution is -2.46. The van der Waals surface area contributed by atoms with E-state index < -0.39 is 0 Å². The van der Waals surface area contributed by atoms with Crippen molar-refractivity contribution in [3.8, 4) is 0 Å². The van der Waals surface area contributed by atoms with Gasteiger partial charge in [-0.15, -0.1) is 0 Å². The summed E-state index contributed by atoms with van der Waals surface area (Å²) in [6.07, 6.45) is 7.86. The van der Waals surface area contributed by atoms with E-state index in [1.165, 1.54) is 25.0 Å². The fraction of sp³-hybridized carbons (Fsp3) is 0.588. The Morgan fingerprint density at radius 1 is 1.15 bits per heavy atom. The van der Waals surface area contributed by atoms with Crippen LogP contribution in [0.5, 0.6) is 0 Å². The quantitative estimate of drug-likeness (QED) is 0.785. The van der Waals surface area contributed by atoms with Crippen molar-refractivity contribution >= 4 is 6.29 Å². The lowest BCUT2D eigenvalue weighted by Gasteiger charge is -2.46. The van der Waals surface area contributed by atoms with Crippen molar-refractivity contribution in [1.82, 2.24) is 0 Å². The summed E-state index contributed by atoms with van der Waals surface area (Å²) in [5.74, 6) is -0.224. The van der Waals surface area contributed by atoms with Gasteiger partial charge >= 0.3 is 0 Å². The van der Waals surface area contributed by atoms with Gasteiger partial charge in [-0.05, 0) is 43.4 Å². The highest BCUT2D eigenvalue weighted by Crippen LogP contribution is 2.49. The highest BCUT2D eigenvalue weighted by molar-refractivity contribution is 5.54. The predicted octanol–water partition coefficient (Wildman–Crippen LogP) is 3.78. The molecule has 1 aromatic carbocycles. The number of hydrogen-bond acceptors (Lipinski definition) is 2. The topological polar surface area (TPSA) is 26.3 Å². The maximum atomic E-state index is 13.2. The van der Waals surface area contributed by atoms with Gasteiger partial charge in [0.25, 0.3) is 0 Å². The largest absolute Gasteiger partial charge is 0.375 e. The molecule has 0 bridgehead atoms. The first-order valence-corrected chi connectivity index (χ1v) is 7.52. The summed E-state index contributed by atoms with van der Waals surface area (Å²) in [4.78, 5) is 11.2. The summed E-state index contributed by atoms with van der Waals surface area (Å²) in [6.45, 7) is 0.700. The number of aldehydes is 1. The zero-order valence-corrected chi connectivity index (χ0v) is 11.7. The molecule has 1 saturated heterocycles. The molecule has 108 valence electrons. The molecule has 0 unspecified atom stereocenters. The summed E-state index contributed by atoms with van der Waals surface area (Å²) in [5, 5.41) is 0. The summed E-state index contributed by atoms with van der Waals surface area (Å²) in [5.41, 5.74) is 0.869. The van der Waals surface area contributed by atoms with E-state index in [1.807, 2.05) is 12.1 Å². The lowest BCUT2D eigenvalue weighted by atomic mass is 9.66. The number of halogens is 1. The van der Waals surface area contributed by atoms with Gasteiger partial charge in [0.05, 0.1) is 5.60 Å². The molecule has 1 saturated carbocycles. The van der Waals surface area contributed by atoms with Gasteiger partial charge < -0.3 is 9.53 Å². The Kier molecular flexibility index (Phi) is 3.63. The van der Waals surface area contributed by atoms with E-state index >= 15 is 0 Å². The average molecular weight is 276 g/mol. The van der Waals surface area contributed by atoms with E-state index in [2.05, 4.69) is 0 Å². The maximum Gasteiger partial charge on any atom is 0.123 e. The highest BCUT2D eigenvalue weighted by Gasteiger charge is 2.47. The standard InChI is InChI=1S/C17H21FO2/c18-15-5-3-14(4-6-15)16(9-11-19)10-12-20-17(13-16)7-1-2-8-17/h3-6,11H,1-2,7-10,12-13H2/t16-/m1/s1. The molecular weight excluding hydrogens is 255 g/mol. The zero-order chi connectivity index (χ0) is 14.1. The third kappa shape index (κ3) is 2.39. The SMILES string of the molecule is O=CC[C@@]1(c2ccc(F)cc2)CCOC2(CCCC2)C1. The predicted molar refractivity (Wildman–Crippen MR) is 75.1 cm³/mol. The Hall–Kier alpha value is -1.22. The third-order valence-corrected chi connectivity index (χ3v) is 5.09. The van der Waals surface area contributed by atoms with Crippen molar-refractivity contribution in [2.24, 2.45) is 0 Å². The molecule has 20 heavy (non-hydrogen) atoms. The second-order valence-corrected chi connectivity index (χ2v) is 6.32.